The molecule has 1 amide bonds. The van der Waals surface area contributed by atoms with Crippen LogP contribution in [0.25, 0.3) is 0 Å². The molecule has 0 atom stereocenters. The van der Waals surface area contributed by atoms with Crippen molar-refractivity contribution < 1.29 is 19.1 Å². The van der Waals surface area contributed by atoms with Gasteiger partial charge in [-0.1, -0.05) is 0 Å². The zero-order chi connectivity index (χ0) is 15.1. The molecule has 0 bridgehead atoms. The van der Waals surface area contributed by atoms with E-state index in [2.05, 4.69) is 10.6 Å². The molecule has 0 unspecified atom stereocenters. The van der Waals surface area contributed by atoms with E-state index in [-0.39, 0.29) is 18.4 Å². The van der Waals surface area contributed by atoms with Crippen molar-refractivity contribution in [1.29, 1.82) is 0 Å². The number of hydrogen-bond donors (Lipinski definition) is 3. The monoisotopic (exact) mass is 294 g/mol. The van der Waals surface area contributed by atoms with Crippen molar-refractivity contribution in [3.63, 3.8) is 0 Å². The van der Waals surface area contributed by atoms with Crippen LogP contribution in [0.2, 0.25) is 0 Å². The Bertz CT molecular complexity index is 450. The summed E-state index contributed by atoms with van der Waals surface area (Å²) in [6.07, 6.45) is 4.89. The molecule has 1 aliphatic rings. The van der Waals surface area contributed by atoms with Gasteiger partial charge in [-0.05, 0) is 50.3 Å². The van der Waals surface area contributed by atoms with Gasteiger partial charge in [-0.2, -0.15) is 0 Å². The van der Waals surface area contributed by atoms with Crippen molar-refractivity contribution in [3.05, 3.63) is 24.2 Å². The molecule has 21 heavy (non-hydrogen) atoms. The van der Waals surface area contributed by atoms with Gasteiger partial charge in [0, 0.05) is 0 Å². The predicted octanol–water partition coefficient (Wildman–Crippen LogP) is 1.38. The van der Waals surface area contributed by atoms with Gasteiger partial charge in [0.15, 0.2) is 0 Å². The maximum absolute atomic E-state index is 11.6. The topological polar surface area (TPSA) is 91.6 Å². The molecule has 1 saturated carbocycles. The normalized spacial score (nSPS) is 21.9. The van der Waals surface area contributed by atoms with E-state index in [0.29, 0.717) is 12.5 Å². The molecule has 1 fully saturated rings. The van der Waals surface area contributed by atoms with E-state index in [1.54, 1.807) is 12.3 Å². The molecule has 1 aromatic rings. The van der Waals surface area contributed by atoms with Crippen molar-refractivity contribution >= 4 is 11.9 Å². The summed E-state index contributed by atoms with van der Waals surface area (Å²) in [5, 5.41) is 14.8. The zero-order valence-corrected chi connectivity index (χ0v) is 12.0. The Morgan fingerprint density at radius 3 is 2.67 bits per heavy atom. The predicted molar refractivity (Wildman–Crippen MR) is 76.5 cm³/mol. The van der Waals surface area contributed by atoms with Gasteiger partial charge < -0.3 is 20.2 Å². The first kappa shape index (κ1) is 15.6. The third kappa shape index (κ3) is 5.23. The maximum Gasteiger partial charge on any atom is 0.306 e. The number of nitrogens with one attached hydrogen (secondary N) is 2. The lowest BCUT2D eigenvalue weighted by molar-refractivity contribution is -0.143. The summed E-state index contributed by atoms with van der Waals surface area (Å²) in [4.78, 5) is 22.5. The van der Waals surface area contributed by atoms with Crippen LogP contribution in [0.3, 0.4) is 0 Å². The van der Waals surface area contributed by atoms with Crippen LogP contribution < -0.4 is 10.6 Å². The number of aliphatic carboxylic acids is 1. The van der Waals surface area contributed by atoms with Gasteiger partial charge in [-0.15, -0.1) is 0 Å². The number of carboxylic acids is 1. The standard InChI is InChI=1S/C15H22N2O4/c18-14(17-9-13-2-1-7-21-13)10-16-8-11-3-5-12(6-4-11)15(19)20/h1-2,7,11-12,16H,3-6,8-10H2,(H,17,18)(H,19,20). The van der Waals surface area contributed by atoms with Crippen LogP contribution in [0.4, 0.5) is 0 Å². The highest BCUT2D eigenvalue weighted by atomic mass is 16.4. The fraction of sp³-hybridized carbons (Fsp3) is 0.600. The molecule has 1 aliphatic carbocycles. The number of carbonyl (C=O) groups is 2. The lowest BCUT2D eigenvalue weighted by Gasteiger charge is -2.26. The smallest absolute Gasteiger partial charge is 0.306 e. The van der Waals surface area contributed by atoms with Crippen molar-refractivity contribution in [2.75, 3.05) is 13.1 Å². The first-order chi connectivity index (χ1) is 10.1. The summed E-state index contributed by atoms with van der Waals surface area (Å²) in [5.74, 6) is 0.274. The molecule has 6 heteroatoms. The van der Waals surface area contributed by atoms with Crippen molar-refractivity contribution in [3.8, 4) is 0 Å². The Balaban J connectivity index is 1.55. The van der Waals surface area contributed by atoms with E-state index in [9.17, 15) is 9.59 Å². The summed E-state index contributed by atoms with van der Waals surface area (Å²) in [6, 6.07) is 3.60. The highest BCUT2D eigenvalue weighted by Crippen LogP contribution is 2.28. The molecule has 1 aromatic heterocycles. The van der Waals surface area contributed by atoms with Crippen LogP contribution in [-0.2, 0) is 16.1 Å². The minimum absolute atomic E-state index is 0.0642. The maximum atomic E-state index is 11.6. The van der Waals surface area contributed by atoms with Crippen LogP contribution >= 0.6 is 0 Å². The summed E-state index contributed by atoms with van der Waals surface area (Å²) in [5.41, 5.74) is 0. The second-order valence-corrected chi connectivity index (χ2v) is 5.54. The minimum Gasteiger partial charge on any atom is -0.481 e. The first-order valence-corrected chi connectivity index (χ1v) is 7.37. The second kappa shape index (κ2) is 7.83. The SMILES string of the molecule is O=C(CNCC1CCC(C(=O)O)CC1)NCc1ccco1. The number of rotatable bonds is 7. The molecule has 1 heterocycles. The average molecular weight is 294 g/mol. The zero-order valence-electron chi connectivity index (χ0n) is 12.0. The summed E-state index contributed by atoms with van der Waals surface area (Å²) in [7, 11) is 0. The third-order valence-corrected chi connectivity index (χ3v) is 3.95. The number of furan rings is 1. The van der Waals surface area contributed by atoms with Crippen LogP contribution in [0.5, 0.6) is 0 Å². The first-order valence-electron chi connectivity index (χ1n) is 7.37. The molecule has 0 spiro atoms. The Morgan fingerprint density at radius 1 is 1.29 bits per heavy atom. The molecule has 6 nitrogen and oxygen atoms in total. The summed E-state index contributed by atoms with van der Waals surface area (Å²) < 4.78 is 5.13. The highest BCUT2D eigenvalue weighted by molar-refractivity contribution is 5.77. The van der Waals surface area contributed by atoms with Gasteiger partial charge in [0.1, 0.15) is 5.76 Å². The number of carboxylic acid groups (broad SMARTS) is 1. The van der Waals surface area contributed by atoms with Crippen LogP contribution in [0.1, 0.15) is 31.4 Å². The van der Waals surface area contributed by atoms with E-state index >= 15 is 0 Å². The second-order valence-electron chi connectivity index (χ2n) is 5.54. The lowest BCUT2D eigenvalue weighted by Crippen LogP contribution is -2.36. The van der Waals surface area contributed by atoms with E-state index in [0.717, 1.165) is 38.0 Å². The van der Waals surface area contributed by atoms with E-state index in [1.165, 1.54) is 0 Å². The van der Waals surface area contributed by atoms with Crippen molar-refractivity contribution in [2.45, 2.75) is 32.2 Å². The van der Waals surface area contributed by atoms with Gasteiger partial charge in [0.25, 0.3) is 0 Å². The van der Waals surface area contributed by atoms with Gasteiger partial charge in [0.05, 0.1) is 25.3 Å². The molecule has 0 aliphatic heterocycles. The van der Waals surface area contributed by atoms with Crippen molar-refractivity contribution in [2.24, 2.45) is 11.8 Å². The van der Waals surface area contributed by atoms with Gasteiger partial charge in [0.2, 0.25) is 5.91 Å². The highest BCUT2D eigenvalue weighted by Gasteiger charge is 2.25. The van der Waals surface area contributed by atoms with E-state index in [1.807, 2.05) is 6.07 Å². The molecule has 0 aromatic carbocycles. The Kier molecular flexibility index (Phi) is 5.80. The quantitative estimate of drug-likeness (QED) is 0.706. The third-order valence-electron chi connectivity index (χ3n) is 3.95. The molecule has 2 rings (SSSR count). The van der Waals surface area contributed by atoms with Gasteiger partial charge in [-0.3, -0.25) is 9.59 Å². The number of hydrogen-bond acceptors (Lipinski definition) is 4. The average Bonchev–Trinajstić information content (AvgIpc) is 2.99. The largest absolute Gasteiger partial charge is 0.481 e. The molecular weight excluding hydrogens is 272 g/mol. The van der Waals surface area contributed by atoms with Crippen LogP contribution in [0.15, 0.2) is 22.8 Å². The fourth-order valence-electron chi connectivity index (χ4n) is 2.66. The van der Waals surface area contributed by atoms with Gasteiger partial charge in [-0.25, -0.2) is 0 Å². The van der Waals surface area contributed by atoms with Gasteiger partial charge >= 0.3 is 5.97 Å². The molecule has 0 saturated heterocycles. The molecule has 3 N–H and O–H groups in total. The summed E-state index contributed by atoms with van der Waals surface area (Å²) in [6.45, 7) is 1.44. The fourth-order valence-corrected chi connectivity index (χ4v) is 2.66. The molecular formula is C15H22N2O4. The minimum atomic E-state index is -0.682. The number of carbonyl (C=O) groups excluding carboxylic acids is 1. The molecule has 116 valence electrons. The molecule has 0 radical (unpaired) electrons. The summed E-state index contributed by atoms with van der Waals surface area (Å²) >= 11 is 0. The Labute approximate surface area is 123 Å². The Hall–Kier alpha value is -1.82. The Morgan fingerprint density at radius 2 is 2.05 bits per heavy atom. The van der Waals surface area contributed by atoms with E-state index < -0.39 is 5.97 Å². The lowest BCUT2D eigenvalue weighted by atomic mass is 9.82. The number of amides is 1. The van der Waals surface area contributed by atoms with Crippen LogP contribution in [0, 0.1) is 11.8 Å². The van der Waals surface area contributed by atoms with Crippen LogP contribution in [-0.4, -0.2) is 30.1 Å². The van der Waals surface area contributed by atoms with E-state index in [4.69, 9.17) is 9.52 Å². The van der Waals surface area contributed by atoms with Crippen molar-refractivity contribution in [1.82, 2.24) is 10.6 Å².